The van der Waals surface area contributed by atoms with Crippen molar-refractivity contribution < 1.29 is 9.53 Å². The zero-order chi connectivity index (χ0) is 16.7. The van der Waals surface area contributed by atoms with Gasteiger partial charge in [0.1, 0.15) is 11.7 Å². The van der Waals surface area contributed by atoms with E-state index in [4.69, 9.17) is 17.0 Å². The van der Waals surface area contributed by atoms with Gasteiger partial charge in [-0.25, -0.2) is 0 Å². The van der Waals surface area contributed by atoms with Crippen LogP contribution in [0, 0.1) is 5.92 Å². The van der Waals surface area contributed by atoms with Crippen LogP contribution >= 0.6 is 12.2 Å². The molecule has 1 saturated heterocycles. The molecule has 2 aliphatic heterocycles. The standard InChI is InChI=1S/C18H17N3O2S/c1-18-14(16(22)19-11-7-3-2-4-8-11)15(20-17(24)21-18)12-9-5-6-10-13(12)23-18/h2-10,14-15H,1H3,(H,19,22)(H2,20,21,24)/t14-,15-,18+/m1/s1. The largest absolute Gasteiger partial charge is 0.467 e. The van der Waals surface area contributed by atoms with Crippen LogP contribution in [0.5, 0.6) is 5.75 Å². The van der Waals surface area contributed by atoms with Gasteiger partial charge in [-0.05, 0) is 37.3 Å². The molecule has 3 N–H and O–H groups in total. The molecule has 5 nitrogen and oxygen atoms in total. The van der Waals surface area contributed by atoms with Gasteiger partial charge in [0.2, 0.25) is 5.91 Å². The fourth-order valence-electron chi connectivity index (χ4n) is 3.43. The van der Waals surface area contributed by atoms with Crippen LogP contribution in [0.25, 0.3) is 0 Å². The molecule has 24 heavy (non-hydrogen) atoms. The van der Waals surface area contributed by atoms with E-state index in [2.05, 4.69) is 16.0 Å². The highest BCUT2D eigenvalue weighted by Gasteiger charge is 2.54. The van der Waals surface area contributed by atoms with Gasteiger partial charge >= 0.3 is 0 Å². The monoisotopic (exact) mass is 339 g/mol. The van der Waals surface area contributed by atoms with Gasteiger partial charge < -0.3 is 20.7 Å². The third-order valence-electron chi connectivity index (χ3n) is 4.47. The van der Waals surface area contributed by atoms with Gasteiger partial charge in [0, 0.05) is 11.3 Å². The van der Waals surface area contributed by atoms with E-state index >= 15 is 0 Å². The van der Waals surface area contributed by atoms with Gasteiger partial charge in [0.05, 0.1) is 6.04 Å². The molecule has 122 valence electrons. The molecular formula is C18H17N3O2S. The number of thiocarbonyl (C=S) groups is 1. The molecule has 0 aliphatic carbocycles. The lowest BCUT2D eigenvalue weighted by Crippen LogP contribution is -2.70. The second-order valence-corrected chi connectivity index (χ2v) is 6.56. The van der Waals surface area contributed by atoms with Crippen LogP contribution in [-0.4, -0.2) is 16.7 Å². The number of rotatable bonds is 2. The number of ether oxygens (including phenoxy) is 1. The van der Waals surface area contributed by atoms with E-state index in [0.29, 0.717) is 5.11 Å². The molecule has 6 heteroatoms. The molecule has 0 saturated carbocycles. The van der Waals surface area contributed by atoms with E-state index in [9.17, 15) is 4.79 Å². The maximum atomic E-state index is 13.0. The van der Waals surface area contributed by atoms with E-state index < -0.39 is 11.6 Å². The highest BCUT2D eigenvalue weighted by molar-refractivity contribution is 7.80. The van der Waals surface area contributed by atoms with E-state index in [1.165, 1.54) is 0 Å². The van der Waals surface area contributed by atoms with Crippen LogP contribution < -0.4 is 20.7 Å². The summed E-state index contributed by atoms with van der Waals surface area (Å²) in [5.74, 6) is 0.168. The highest BCUT2D eigenvalue weighted by Crippen LogP contribution is 2.44. The number of nitrogens with one attached hydrogen (secondary N) is 3. The highest BCUT2D eigenvalue weighted by atomic mass is 32.1. The predicted molar refractivity (Wildman–Crippen MR) is 95.6 cm³/mol. The Balaban J connectivity index is 1.72. The van der Waals surface area contributed by atoms with Crippen molar-refractivity contribution in [2.24, 2.45) is 5.92 Å². The summed E-state index contributed by atoms with van der Waals surface area (Å²) in [5.41, 5.74) is 0.790. The number of fused-ring (bicyclic) bond motifs is 4. The fraction of sp³-hybridized carbons (Fsp3) is 0.222. The second kappa shape index (κ2) is 5.49. The number of carbonyl (C=O) groups is 1. The van der Waals surface area contributed by atoms with Crippen molar-refractivity contribution in [3.8, 4) is 5.75 Å². The molecule has 0 aromatic heterocycles. The summed E-state index contributed by atoms with van der Waals surface area (Å²) in [6.07, 6.45) is 0. The second-order valence-electron chi connectivity index (χ2n) is 6.16. The smallest absolute Gasteiger partial charge is 0.236 e. The van der Waals surface area contributed by atoms with Crippen LogP contribution in [0.2, 0.25) is 0 Å². The minimum atomic E-state index is -0.903. The van der Waals surface area contributed by atoms with Gasteiger partial charge in [-0.1, -0.05) is 36.4 Å². The SMILES string of the molecule is C[C@]12NC(=S)N[C@H](c3ccccc3O1)[C@@H]2C(=O)Nc1ccccc1. The van der Waals surface area contributed by atoms with E-state index in [1.807, 2.05) is 61.5 Å². The Morgan fingerprint density at radius 3 is 2.67 bits per heavy atom. The molecule has 4 rings (SSSR count). The summed E-state index contributed by atoms with van der Waals surface area (Å²) in [6, 6.07) is 16.9. The van der Waals surface area contributed by atoms with Crippen LogP contribution in [0.3, 0.4) is 0 Å². The Labute approximate surface area is 145 Å². The van der Waals surface area contributed by atoms with Crippen molar-refractivity contribution in [1.29, 1.82) is 0 Å². The lowest BCUT2D eigenvalue weighted by molar-refractivity contribution is -0.132. The number of para-hydroxylation sites is 2. The average Bonchev–Trinajstić information content (AvgIpc) is 2.54. The lowest BCUT2D eigenvalue weighted by atomic mass is 9.80. The molecule has 3 atom stereocenters. The van der Waals surface area contributed by atoms with Gasteiger partial charge in [-0.15, -0.1) is 0 Å². The van der Waals surface area contributed by atoms with Crippen molar-refractivity contribution in [1.82, 2.24) is 10.6 Å². The minimum absolute atomic E-state index is 0.120. The van der Waals surface area contributed by atoms with Crippen LogP contribution in [-0.2, 0) is 4.79 Å². The number of amides is 1. The van der Waals surface area contributed by atoms with Crippen molar-refractivity contribution in [3.63, 3.8) is 0 Å². The molecule has 0 unspecified atom stereocenters. The third-order valence-corrected chi connectivity index (χ3v) is 4.69. The number of anilines is 1. The Morgan fingerprint density at radius 1 is 1.17 bits per heavy atom. The van der Waals surface area contributed by atoms with Gasteiger partial charge in [-0.3, -0.25) is 4.79 Å². The summed E-state index contributed by atoms with van der Waals surface area (Å²) >= 11 is 5.30. The molecule has 2 aromatic rings. The average molecular weight is 339 g/mol. The zero-order valence-corrected chi connectivity index (χ0v) is 13.9. The van der Waals surface area contributed by atoms with Crippen molar-refractivity contribution >= 4 is 28.9 Å². The maximum Gasteiger partial charge on any atom is 0.236 e. The summed E-state index contributed by atoms with van der Waals surface area (Å²) in [7, 11) is 0. The molecule has 0 spiro atoms. The quantitative estimate of drug-likeness (QED) is 0.734. The van der Waals surface area contributed by atoms with Gasteiger partial charge in [-0.2, -0.15) is 0 Å². The Hall–Kier alpha value is -2.60. The molecule has 0 radical (unpaired) electrons. The Bertz CT molecular complexity index is 811. The molecule has 2 aliphatic rings. The first-order valence-corrected chi connectivity index (χ1v) is 8.20. The molecule has 1 fully saturated rings. The van der Waals surface area contributed by atoms with E-state index in [1.54, 1.807) is 0 Å². The van der Waals surface area contributed by atoms with E-state index in [-0.39, 0.29) is 11.9 Å². The molecule has 2 aromatic carbocycles. The normalized spacial score (nSPS) is 27.1. The molecule has 2 bridgehead atoms. The first-order chi connectivity index (χ1) is 11.6. The van der Waals surface area contributed by atoms with E-state index in [0.717, 1.165) is 17.0 Å². The van der Waals surface area contributed by atoms with Crippen LogP contribution in [0.1, 0.15) is 18.5 Å². The van der Waals surface area contributed by atoms with Gasteiger partial charge in [0.25, 0.3) is 0 Å². The first kappa shape index (κ1) is 15.0. The molecule has 1 amide bonds. The Morgan fingerprint density at radius 2 is 1.88 bits per heavy atom. The third kappa shape index (κ3) is 2.39. The lowest BCUT2D eigenvalue weighted by Gasteiger charge is -2.50. The van der Waals surface area contributed by atoms with Crippen molar-refractivity contribution in [2.75, 3.05) is 5.32 Å². The van der Waals surface area contributed by atoms with Crippen LogP contribution in [0.15, 0.2) is 54.6 Å². The van der Waals surface area contributed by atoms with Crippen molar-refractivity contribution in [3.05, 3.63) is 60.2 Å². The first-order valence-electron chi connectivity index (χ1n) is 7.79. The fourth-order valence-corrected chi connectivity index (χ4v) is 3.76. The predicted octanol–water partition coefficient (Wildman–Crippen LogP) is 2.57. The zero-order valence-electron chi connectivity index (χ0n) is 13.1. The summed E-state index contributed by atoms with van der Waals surface area (Å²) in [5, 5.41) is 9.80. The number of carbonyl (C=O) groups excluding carboxylic acids is 1. The number of hydrogen-bond donors (Lipinski definition) is 3. The number of hydrogen-bond acceptors (Lipinski definition) is 3. The van der Waals surface area contributed by atoms with Gasteiger partial charge in [0.15, 0.2) is 10.8 Å². The Kier molecular flexibility index (Phi) is 3.42. The molecular weight excluding hydrogens is 322 g/mol. The molecule has 2 heterocycles. The topological polar surface area (TPSA) is 62.4 Å². The summed E-state index contributed by atoms with van der Waals surface area (Å²) in [6.45, 7) is 1.86. The maximum absolute atomic E-state index is 13.0. The minimum Gasteiger partial charge on any atom is -0.467 e. The summed E-state index contributed by atoms with van der Waals surface area (Å²) < 4.78 is 6.13. The van der Waals surface area contributed by atoms with Crippen LogP contribution in [0.4, 0.5) is 5.69 Å². The number of benzene rings is 2. The summed E-state index contributed by atoms with van der Waals surface area (Å²) in [4.78, 5) is 13.0. The van der Waals surface area contributed by atoms with Crippen molar-refractivity contribution in [2.45, 2.75) is 18.7 Å².